The standard InChI is InChI=1S/C10H12BrF2NO/c11-8-1-6-15-9(8)7-14-4-2-10(12,13)3-5-14/h1,6H,2-5,7H2. The van der Waals surface area contributed by atoms with Crippen LogP contribution in [0, 0.1) is 0 Å². The molecule has 2 rings (SSSR count). The largest absolute Gasteiger partial charge is 0.467 e. The molecule has 0 spiro atoms. The van der Waals surface area contributed by atoms with E-state index in [-0.39, 0.29) is 12.8 Å². The summed E-state index contributed by atoms with van der Waals surface area (Å²) in [4.78, 5) is 1.99. The average molecular weight is 280 g/mol. The van der Waals surface area contributed by atoms with Crippen molar-refractivity contribution in [2.45, 2.75) is 25.3 Å². The first-order valence-corrected chi connectivity index (χ1v) is 5.68. The van der Waals surface area contributed by atoms with E-state index in [9.17, 15) is 8.78 Å². The summed E-state index contributed by atoms with van der Waals surface area (Å²) in [6.45, 7) is 1.46. The molecule has 0 N–H and O–H groups in total. The maximum atomic E-state index is 12.9. The molecular weight excluding hydrogens is 268 g/mol. The second-order valence-corrected chi connectivity index (χ2v) is 4.68. The molecule has 0 aliphatic carbocycles. The smallest absolute Gasteiger partial charge is 0.250 e. The Morgan fingerprint density at radius 1 is 1.40 bits per heavy atom. The summed E-state index contributed by atoms with van der Waals surface area (Å²) >= 11 is 3.35. The van der Waals surface area contributed by atoms with E-state index in [1.165, 1.54) is 0 Å². The SMILES string of the molecule is FC1(F)CCN(Cc2occc2Br)CC1. The van der Waals surface area contributed by atoms with E-state index in [1.807, 2.05) is 11.0 Å². The number of hydrogen-bond acceptors (Lipinski definition) is 2. The molecule has 1 aliphatic heterocycles. The van der Waals surface area contributed by atoms with Gasteiger partial charge in [-0.25, -0.2) is 8.78 Å². The molecule has 0 atom stereocenters. The van der Waals surface area contributed by atoms with Crippen LogP contribution in [0.5, 0.6) is 0 Å². The van der Waals surface area contributed by atoms with Gasteiger partial charge in [-0.15, -0.1) is 0 Å². The van der Waals surface area contributed by atoms with Crippen molar-refractivity contribution in [1.29, 1.82) is 0 Å². The van der Waals surface area contributed by atoms with Gasteiger partial charge in [0, 0.05) is 25.9 Å². The molecule has 0 aromatic carbocycles. The Bertz CT molecular complexity index is 330. The molecule has 2 nitrogen and oxygen atoms in total. The topological polar surface area (TPSA) is 16.4 Å². The summed E-state index contributed by atoms with van der Waals surface area (Å²) in [6, 6.07) is 1.81. The number of piperidine rings is 1. The van der Waals surface area contributed by atoms with Gasteiger partial charge in [0.1, 0.15) is 5.76 Å². The summed E-state index contributed by atoms with van der Waals surface area (Å²) in [5.41, 5.74) is 0. The Morgan fingerprint density at radius 2 is 2.07 bits per heavy atom. The molecule has 0 amide bonds. The highest BCUT2D eigenvalue weighted by molar-refractivity contribution is 9.10. The van der Waals surface area contributed by atoms with Crippen molar-refractivity contribution in [1.82, 2.24) is 4.90 Å². The van der Waals surface area contributed by atoms with Crippen LogP contribution in [0.4, 0.5) is 8.78 Å². The fourth-order valence-corrected chi connectivity index (χ4v) is 2.01. The molecule has 1 aromatic rings. The number of halogens is 3. The quantitative estimate of drug-likeness (QED) is 0.826. The lowest BCUT2D eigenvalue weighted by atomic mass is 10.1. The third-order valence-electron chi connectivity index (χ3n) is 2.65. The van der Waals surface area contributed by atoms with E-state index < -0.39 is 5.92 Å². The normalized spacial score (nSPS) is 21.8. The Morgan fingerprint density at radius 3 is 2.60 bits per heavy atom. The highest BCUT2D eigenvalue weighted by Crippen LogP contribution is 2.29. The molecule has 0 saturated carbocycles. The highest BCUT2D eigenvalue weighted by atomic mass is 79.9. The van der Waals surface area contributed by atoms with Crippen molar-refractivity contribution >= 4 is 15.9 Å². The molecule has 0 bridgehead atoms. The molecule has 1 saturated heterocycles. The van der Waals surface area contributed by atoms with Gasteiger partial charge in [0.2, 0.25) is 0 Å². The van der Waals surface area contributed by atoms with Crippen LogP contribution >= 0.6 is 15.9 Å². The van der Waals surface area contributed by atoms with Gasteiger partial charge in [-0.2, -0.15) is 0 Å². The van der Waals surface area contributed by atoms with Crippen LogP contribution in [0.3, 0.4) is 0 Å². The first kappa shape index (κ1) is 11.1. The van der Waals surface area contributed by atoms with Gasteiger partial charge in [-0.3, -0.25) is 4.90 Å². The fraction of sp³-hybridized carbons (Fsp3) is 0.600. The number of likely N-dealkylation sites (tertiary alicyclic amines) is 1. The van der Waals surface area contributed by atoms with Gasteiger partial charge in [-0.05, 0) is 22.0 Å². The Balaban J connectivity index is 1.90. The van der Waals surface area contributed by atoms with Crippen molar-refractivity contribution in [3.05, 3.63) is 22.6 Å². The molecule has 15 heavy (non-hydrogen) atoms. The zero-order valence-electron chi connectivity index (χ0n) is 8.18. The van der Waals surface area contributed by atoms with Crippen molar-refractivity contribution in [3.63, 3.8) is 0 Å². The maximum Gasteiger partial charge on any atom is 0.250 e. The van der Waals surface area contributed by atoms with Crippen LogP contribution in [-0.2, 0) is 6.54 Å². The number of furan rings is 1. The molecule has 5 heteroatoms. The van der Waals surface area contributed by atoms with Gasteiger partial charge < -0.3 is 4.42 Å². The predicted octanol–water partition coefficient (Wildman–Crippen LogP) is 3.27. The van der Waals surface area contributed by atoms with E-state index in [4.69, 9.17) is 4.42 Å². The zero-order valence-corrected chi connectivity index (χ0v) is 9.77. The number of nitrogens with zero attached hydrogens (tertiary/aromatic N) is 1. The summed E-state index contributed by atoms with van der Waals surface area (Å²) in [5, 5.41) is 0. The lowest BCUT2D eigenvalue weighted by Gasteiger charge is -2.31. The van der Waals surface area contributed by atoms with E-state index in [0.29, 0.717) is 19.6 Å². The van der Waals surface area contributed by atoms with Gasteiger partial charge in [0.25, 0.3) is 5.92 Å². The Hall–Kier alpha value is -0.420. The van der Waals surface area contributed by atoms with Gasteiger partial charge in [0.05, 0.1) is 17.3 Å². The molecule has 1 fully saturated rings. The minimum atomic E-state index is -2.48. The van der Waals surface area contributed by atoms with Gasteiger partial charge in [0.15, 0.2) is 0 Å². The second kappa shape index (κ2) is 4.22. The lowest BCUT2D eigenvalue weighted by molar-refractivity contribution is -0.0576. The first-order chi connectivity index (χ1) is 7.07. The van der Waals surface area contributed by atoms with Crippen LogP contribution in [0.1, 0.15) is 18.6 Å². The van der Waals surface area contributed by atoms with Crippen LogP contribution in [0.25, 0.3) is 0 Å². The first-order valence-electron chi connectivity index (χ1n) is 4.89. The van der Waals surface area contributed by atoms with Crippen molar-refractivity contribution in [2.75, 3.05) is 13.1 Å². The lowest BCUT2D eigenvalue weighted by Crippen LogP contribution is -2.38. The van der Waals surface area contributed by atoms with Crippen molar-refractivity contribution in [3.8, 4) is 0 Å². The van der Waals surface area contributed by atoms with E-state index >= 15 is 0 Å². The maximum absolute atomic E-state index is 12.9. The van der Waals surface area contributed by atoms with Gasteiger partial charge in [-0.1, -0.05) is 0 Å². The summed E-state index contributed by atoms with van der Waals surface area (Å²) in [6.07, 6.45) is 1.49. The molecule has 1 aliphatic rings. The Labute approximate surface area is 95.4 Å². The molecule has 0 unspecified atom stereocenters. The summed E-state index contributed by atoms with van der Waals surface area (Å²) in [7, 11) is 0. The number of rotatable bonds is 2. The van der Waals surface area contributed by atoms with E-state index in [0.717, 1.165) is 10.2 Å². The fourth-order valence-electron chi connectivity index (χ4n) is 1.68. The number of alkyl halides is 2. The molecule has 0 radical (unpaired) electrons. The van der Waals surface area contributed by atoms with Crippen LogP contribution in [-0.4, -0.2) is 23.9 Å². The predicted molar refractivity (Wildman–Crippen MR) is 55.9 cm³/mol. The van der Waals surface area contributed by atoms with Gasteiger partial charge >= 0.3 is 0 Å². The second-order valence-electron chi connectivity index (χ2n) is 3.82. The molecular formula is C10H12BrF2NO. The van der Waals surface area contributed by atoms with E-state index in [2.05, 4.69) is 15.9 Å². The van der Waals surface area contributed by atoms with Crippen LogP contribution in [0.15, 0.2) is 21.2 Å². The Kier molecular flexibility index (Phi) is 3.11. The number of hydrogen-bond donors (Lipinski definition) is 0. The highest BCUT2D eigenvalue weighted by Gasteiger charge is 2.34. The monoisotopic (exact) mass is 279 g/mol. The third kappa shape index (κ3) is 2.78. The molecule has 2 heterocycles. The van der Waals surface area contributed by atoms with Crippen LogP contribution in [0.2, 0.25) is 0 Å². The van der Waals surface area contributed by atoms with Crippen molar-refractivity contribution < 1.29 is 13.2 Å². The summed E-state index contributed by atoms with van der Waals surface area (Å²) < 4.78 is 31.9. The molecule has 84 valence electrons. The third-order valence-corrected chi connectivity index (χ3v) is 3.35. The van der Waals surface area contributed by atoms with E-state index in [1.54, 1.807) is 6.26 Å². The molecule has 1 aromatic heterocycles. The minimum absolute atomic E-state index is 0.0503. The average Bonchev–Trinajstić information content (AvgIpc) is 2.56. The van der Waals surface area contributed by atoms with Crippen LogP contribution < -0.4 is 0 Å². The summed E-state index contributed by atoms with van der Waals surface area (Å²) in [5.74, 6) is -1.67. The minimum Gasteiger partial charge on any atom is -0.467 e. The van der Waals surface area contributed by atoms with Crippen molar-refractivity contribution in [2.24, 2.45) is 0 Å². The zero-order chi connectivity index (χ0) is 10.9.